The molecule has 8 heteroatoms. The van der Waals surface area contributed by atoms with Crippen LogP contribution in [0, 0.1) is 17.8 Å². The minimum Gasteiger partial charge on any atom is -0.480 e. The number of ketones is 1. The summed E-state index contributed by atoms with van der Waals surface area (Å²) >= 11 is 0. The van der Waals surface area contributed by atoms with Crippen LogP contribution in [0.1, 0.15) is 34.1 Å². The summed E-state index contributed by atoms with van der Waals surface area (Å²) in [7, 11) is 0. The molecule has 3 heterocycles. The lowest BCUT2D eigenvalue weighted by Crippen LogP contribution is -2.56. The molecule has 7 atom stereocenters. The normalized spacial score (nSPS) is 40.1. The van der Waals surface area contributed by atoms with E-state index in [1.54, 1.807) is 6.92 Å². The highest BCUT2D eigenvalue weighted by Crippen LogP contribution is 2.44. The van der Waals surface area contributed by atoms with Crippen molar-refractivity contribution in [2.24, 2.45) is 17.8 Å². The monoisotopic (exact) mass is 394 g/mol. The second-order valence-corrected chi connectivity index (χ2v) is 8.32. The molecule has 0 aromatic carbocycles. The summed E-state index contributed by atoms with van der Waals surface area (Å²) < 4.78 is 16.6. The number of esters is 2. The Bertz CT molecular complexity index is 753. The first-order valence-corrected chi connectivity index (χ1v) is 9.37. The highest BCUT2D eigenvalue weighted by molar-refractivity contribution is 6.00. The number of ether oxygens (including phenoxy) is 3. The van der Waals surface area contributed by atoms with Crippen LogP contribution in [0.2, 0.25) is 0 Å². The van der Waals surface area contributed by atoms with Gasteiger partial charge in [0.05, 0.1) is 5.92 Å². The van der Waals surface area contributed by atoms with E-state index < -0.39 is 59.6 Å². The van der Waals surface area contributed by atoms with Gasteiger partial charge in [-0.3, -0.25) is 9.59 Å². The van der Waals surface area contributed by atoms with Crippen molar-refractivity contribution in [2.45, 2.75) is 64.1 Å². The molecule has 0 spiro atoms. The molecule has 0 saturated carbocycles. The third-order valence-electron chi connectivity index (χ3n) is 5.72. The first kappa shape index (κ1) is 20.5. The summed E-state index contributed by atoms with van der Waals surface area (Å²) in [5.41, 5.74) is -1.74. The van der Waals surface area contributed by atoms with Gasteiger partial charge in [0, 0.05) is 24.0 Å². The summed E-state index contributed by atoms with van der Waals surface area (Å²) in [4.78, 5) is 37.2. The minimum absolute atomic E-state index is 0.000246. The maximum absolute atomic E-state index is 12.6. The van der Waals surface area contributed by atoms with Crippen LogP contribution < -0.4 is 0 Å². The number of fused-ring (bicyclic) bond motifs is 3. The number of carbonyl (C=O) groups is 3. The van der Waals surface area contributed by atoms with E-state index in [1.807, 2.05) is 13.8 Å². The molecule has 3 aliphatic rings. The molecule has 0 amide bonds. The molecule has 0 radical (unpaired) electrons. The van der Waals surface area contributed by atoms with Crippen molar-refractivity contribution < 1.29 is 38.8 Å². The first-order chi connectivity index (χ1) is 13.0. The van der Waals surface area contributed by atoms with Crippen molar-refractivity contribution in [3.05, 3.63) is 24.0 Å². The summed E-state index contributed by atoms with van der Waals surface area (Å²) in [6.45, 7) is 10.4. The van der Waals surface area contributed by atoms with Crippen molar-refractivity contribution in [1.29, 1.82) is 0 Å². The van der Waals surface area contributed by atoms with Crippen molar-refractivity contribution >= 4 is 17.7 Å². The summed E-state index contributed by atoms with van der Waals surface area (Å²) in [5, 5.41) is 21.9. The average molecular weight is 394 g/mol. The largest absolute Gasteiger partial charge is 0.480 e. The lowest BCUT2D eigenvalue weighted by atomic mass is 9.78. The molecule has 0 unspecified atom stereocenters. The van der Waals surface area contributed by atoms with E-state index in [0.29, 0.717) is 0 Å². The second-order valence-electron chi connectivity index (χ2n) is 8.32. The van der Waals surface area contributed by atoms with Gasteiger partial charge in [0.1, 0.15) is 30.2 Å². The fraction of sp³-hybridized carbons (Fsp3) is 0.650. The number of hydrogen-bond acceptors (Lipinski definition) is 8. The van der Waals surface area contributed by atoms with E-state index in [-0.39, 0.29) is 23.7 Å². The zero-order valence-electron chi connectivity index (χ0n) is 16.4. The fourth-order valence-corrected chi connectivity index (χ4v) is 3.94. The van der Waals surface area contributed by atoms with E-state index >= 15 is 0 Å². The zero-order chi connectivity index (χ0) is 21.0. The Morgan fingerprint density at radius 2 is 2.00 bits per heavy atom. The molecule has 0 aromatic rings. The molecule has 3 rings (SSSR count). The topological polar surface area (TPSA) is 119 Å². The number of aliphatic hydroxyl groups excluding tert-OH is 2. The van der Waals surface area contributed by atoms with Crippen LogP contribution in [0.15, 0.2) is 24.0 Å². The standard InChI is InChI=1S/C20H26O8/c1-8(2)6-13(22)26-17-14-10(4)19(25)27-16(14)15(23)9(3)11-7-12(21)20(5,28-11)18(17)24/h7-9,14-18,23-24H,4,6H2,1-3,5H3/t9-,14-,15-,16-,17-,18+,20-/m0/s1. The molecule has 8 nitrogen and oxygen atoms in total. The van der Waals surface area contributed by atoms with Gasteiger partial charge in [-0.05, 0) is 12.8 Å². The summed E-state index contributed by atoms with van der Waals surface area (Å²) in [6.07, 6.45) is -3.99. The molecule has 3 aliphatic heterocycles. The Kier molecular flexibility index (Phi) is 5.14. The van der Waals surface area contributed by atoms with Gasteiger partial charge in [0.25, 0.3) is 0 Å². The van der Waals surface area contributed by atoms with Crippen LogP contribution >= 0.6 is 0 Å². The predicted octanol–water partition coefficient (Wildman–Crippen LogP) is 0.655. The smallest absolute Gasteiger partial charge is 0.334 e. The van der Waals surface area contributed by atoms with E-state index in [2.05, 4.69) is 6.58 Å². The van der Waals surface area contributed by atoms with Crippen molar-refractivity contribution in [3.8, 4) is 0 Å². The van der Waals surface area contributed by atoms with Crippen LogP contribution in [-0.4, -0.2) is 58.0 Å². The maximum atomic E-state index is 12.6. The molecular formula is C20H26O8. The second kappa shape index (κ2) is 7.00. The van der Waals surface area contributed by atoms with Crippen LogP contribution in [0.3, 0.4) is 0 Å². The van der Waals surface area contributed by atoms with Gasteiger partial charge < -0.3 is 24.4 Å². The van der Waals surface area contributed by atoms with Crippen molar-refractivity contribution in [3.63, 3.8) is 0 Å². The van der Waals surface area contributed by atoms with E-state index in [4.69, 9.17) is 14.2 Å². The van der Waals surface area contributed by atoms with Gasteiger partial charge in [-0.25, -0.2) is 4.79 Å². The fourth-order valence-electron chi connectivity index (χ4n) is 3.94. The van der Waals surface area contributed by atoms with Crippen LogP contribution in [0.4, 0.5) is 0 Å². The molecule has 0 aromatic heterocycles. The van der Waals surface area contributed by atoms with Gasteiger partial charge in [-0.15, -0.1) is 0 Å². The van der Waals surface area contributed by atoms with Gasteiger partial charge in [-0.1, -0.05) is 27.4 Å². The molecule has 0 aliphatic carbocycles. The molecular weight excluding hydrogens is 368 g/mol. The summed E-state index contributed by atoms with van der Waals surface area (Å²) in [6, 6.07) is 0. The van der Waals surface area contributed by atoms with E-state index in [0.717, 1.165) is 0 Å². The Labute approximate surface area is 163 Å². The predicted molar refractivity (Wildman–Crippen MR) is 95.6 cm³/mol. The zero-order valence-corrected chi connectivity index (χ0v) is 16.4. The molecule has 28 heavy (non-hydrogen) atoms. The summed E-state index contributed by atoms with van der Waals surface area (Å²) in [5.74, 6) is -3.36. The number of aliphatic hydroxyl groups is 2. The van der Waals surface area contributed by atoms with Gasteiger partial charge in [0.2, 0.25) is 5.78 Å². The average Bonchev–Trinajstić information content (AvgIpc) is 3.08. The van der Waals surface area contributed by atoms with Gasteiger partial charge in [0.15, 0.2) is 5.60 Å². The molecule has 2 bridgehead atoms. The number of carbonyl (C=O) groups excluding carboxylic acids is 3. The molecule has 154 valence electrons. The van der Waals surface area contributed by atoms with E-state index in [9.17, 15) is 24.6 Å². The highest BCUT2D eigenvalue weighted by Gasteiger charge is 2.60. The Balaban J connectivity index is 2.08. The van der Waals surface area contributed by atoms with Crippen LogP contribution in [-0.2, 0) is 28.6 Å². The Morgan fingerprint density at radius 3 is 2.61 bits per heavy atom. The molecule has 2 saturated heterocycles. The minimum atomic E-state index is -1.72. The third kappa shape index (κ3) is 3.14. The molecule has 2 N–H and O–H groups in total. The third-order valence-corrected chi connectivity index (χ3v) is 5.72. The lowest BCUT2D eigenvalue weighted by Gasteiger charge is -2.36. The number of rotatable bonds is 3. The van der Waals surface area contributed by atoms with Gasteiger partial charge >= 0.3 is 11.9 Å². The lowest BCUT2D eigenvalue weighted by molar-refractivity contribution is -0.180. The quantitative estimate of drug-likeness (QED) is 0.529. The van der Waals surface area contributed by atoms with E-state index in [1.165, 1.54) is 13.0 Å². The van der Waals surface area contributed by atoms with Crippen LogP contribution in [0.25, 0.3) is 0 Å². The Hall–Kier alpha value is -2.19. The number of hydrogen-bond donors (Lipinski definition) is 2. The first-order valence-electron chi connectivity index (χ1n) is 9.37. The Morgan fingerprint density at radius 1 is 1.36 bits per heavy atom. The maximum Gasteiger partial charge on any atom is 0.334 e. The SMILES string of the molecule is C=C1C(=O)O[C@@H]2[C@@H](O)[C@@H](C)C3=CC(=O)[C@](C)(O3)[C@H](O)[C@@H](OC(=O)CC(C)C)[C@@H]12. The van der Waals surface area contributed by atoms with Crippen LogP contribution in [0.5, 0.6) is 0 Å². The van der Waals surface area contributed by atoms with Gasteiger partial charge in [-0.2, -0.15) is 0 Å². The van der Waals surface area contributed by atoms with Crippen molar-refractivity contribution in [2.75, 3.05) is 0 Å². The molecule has 2 fully saturated rings. The highest BCUT2D eigenvalue weighted by atomic mass is 16.6. The van der Waals surface area contributed by atoms with Crippen molar-refractivity contribution in [1.82, 2.24) is 0 Å².